The highest BCUT2D eigenvalue weighted by Gasteiger charge is 2.15. The van der Waals surface area contributed by atoms with Crippen molar-refractivity contribution < 1.29 is 13.2 Å². The fourth-order valence-corrected chi connectivity index (χ4v) is 3.19. The average molecular weight is 387 g/mol. The summed E-state index contributed by atoms with van der Waals surface area (Å²) in [5.41, 5.74) is 7.41. The summed E-state index contributed by atoms with van der Waals surface area (Å²) < 4.78 is 26.2. The maximum absolute atomic E-state index is 12.0. The van der Waals surface area contributed by atoms with E-state index in [1.807, 2.05) is 19.1 Å². The maximum atomic E-state index is 12.0. The molecule has 3 aromatic rings. The molecule has 2 aromatic heterocycles. The molecule has 0 aliphatic rings. The SMILES string of the molecule is Cc1ccc(Cn2nnc(-c3ccc(S(=O)(=O)NCC(N)=O)cc3)n2)nc1. The van der Waals surface area contributed by atoms with Gasteiger partial charge in [-0.3, -0.25) is 9.78 Å². The molecular weight excluding hydrogens is 370 g/mol. The zero-order chi connectivity index (χ0) is 19.4. The summed E-state index contributed by atoms with van der Waals surface area (Å²) in [7, 11) is -3.81. The van der Waals surface area contributed by atoms with Gasteiger partial charge in [0.25, 0.3) is 0 Å². The number of aryl methyl sites for hydroxylation is 1. The molecule has 11 heteroatoms. The summed E-state index contributed by atoms with van der Waals surface area (Å²) in [6.45, 7) is 1.86. The van der Waals surface area contributed by atoms with E-state index in [-0.39, 0.29) is 4.90 Å². The Morgan fingerprint density at radius 2 is 1.93 bits per heavy atom. The molecule has 0 fully saturated rings. The third kappa shape index (κ3) is 4.71. The predicted molar refractivity (Wildman–Crippen MR) is 95.7 cm³/mol. The van der Waals surface area contributed by atoms with Crippen molar-refractivity contribution in [2.45, 2.75) is 18.4 Å². The summed E-state index contributed by atoms with van der Waals surface area (Å²) in [6, 6.07) is 9.74. The minimum absolute atomic E-state index is 0.00347. The number of benzene rings is 1. The molecule has 1 aromatic carbocycles. The molecule has 0 aliphatic carbocycles. The summed E-state index contributed by atoms with van der Waals surface area (Å²) in [4.78, 5) is 16.4. The molecule has 0 radical (unpaired) electrons. The number of pyridine rings is 1. The fraction of sp³-hybridized carbons (Fsp3) is 0.188. The van der Waals surface area contributed by atoms with Gasteiger partial charge in [-0.05, 0) is 48.0 Å². The number of primary amides is 1. The van der Waals surface area contributed by atoms with Crippen LogP contribution in [-0.2, 0) is 21.4 Å². The van der Waals surface area contributed by atoms with Crippen molar-refractivity contribution in [1.29, 1.82) is 0 Å². The van der Waals surface area contributed by atoms with Gasteiger partial charge in [0.15, 0.2) is 0 Å². The Bertz CT molecular complexity index is 1040. The second-order valence-electron chi connectivity index (χ2n) is 5.79. The number of nitrogens with zero attached hydrogens (tertiary/aromatic N) is 5. The van der Waals surface area contributed by atoms with Crippen LogP contribution in [0.3, 0.4) is 0 Å². The molecule has 0 bridgehead atoms. The Balaban J connectivity index is 1.73. The molecule has 0 saturated carbocycles. The largest absolute Gasteiger partial charge is 0.369 e. The molecule has 0 spiro atoms. The number of tetrazole rings is 1. The first-order valence-corrected chi connectivity index (χ1v) is 9.39. The molecule has 3 N–H and O–H groups in total. The molecule has 10 nitrogen and oxygen atoms in total. The van der Waals surface area contributed by atoms with Gasteiger partial charge >= 0.3 is 0 Å². The minimum Gasteiger partial charge on any atom is -0.369 e. The lowest BCUT2D eigenvalue weighted by Crippen LogP contribution is -2.33. The third-order valence-corrected chi connectivity index (χ3v) is 5.01. The summed E-state index contributed by atoms with van der Waals surface area (Å²) >= 11 is 0. The summed E-state index contributed by atoms with van der Waals surface area (Å²) in [5.74, 6) is -0.407. The first kappa shape index (κ1) is 18.6. The second-order valence-corrected chi connectivity index (χ2v) is 7.55. The Hall–Kier alpha value is -3.18. The zero-order valence-corrected chi connectivity index (χ0v) is 15.2. The predicted octanol–water partition coefficient (Wildman–Crippen LogP) is -0.145. The average Bonchev–Trinajstić information content (AvgIpc) is 3.11. The first-order valence-electron chi connectivity index (χ1n) is 7.91. The van der Waals surface area contributed by atoms with E-state index < -0.39 is 22.5 Å². The lowest BCUT2D eigenvalue weighted by atomic mass is 10.2. The van der Waals surface area contributed by atoms with Crippen molar-refractivity contribution >= 4 is 15.9 Å². The fourth-order valence-electron chi connectivity index (χ4n) is 2.20. The number of carbonyl (C=O) groups is 1. The Morgan fingerprint density at radius 3 is 2.56 bits per heavy atom. The van der Waals surface area contributed by atoms with Gasteiger partial charge < -0.3 is 5.73 Å². The van der Waals surface area contributed by atoms with Crippen molar-refractivity contribution in [1.82, 2.24) is 29.9 Å². The van der Waals surface area contributed by atoms with Crippen molar-refractivity contribution in [2.24, 2.45) is 5.73 Å². The van der Waals surface area contributed by atoms with Gasteiger partial charge in [-0.2, -0.15) is 4.80 Å². The van der Waals surface area contributed by atoms with E-state index >= 15 is 0 Å². The van der Waals surface area contributed by atoms with E-state index in [9.17, 15) is 13.2 Å². The Morgan fingerprint density at radius 1 is 1.19 bits per heavy atom. The van der Waals surface area contributed by atoms with Crippen LogP contribution in [0.5, 0.6) is 0 Å². The van der Waals surface area contributed by atoms with Gasteiger partial charge in [0.05, 0.1) is 17.1 Å². The van der Waals surface area contributed by atoms with Crippen molar-refractivity contribution in [2.75, 3.05) is 6.54 Å². The van der Waals surface area contributed by atoms with Gasteiger partial charge in [0.1, 0.15) is 6.54 Å². The number of aromatic nitrogens is 5. The molecule has 1 amide bonds. The molecule has 0 aliphatic heterocycles. The third-order valence-electron chi connectivity index (χ3n) is 3.59. The molecule has 3 rings (SSSR count). The number of hydrogen-bond donors (Lipinski definition) is 2. The number of rotatable bonds is 7. The van der Waals surface area contributed by atoms with Gasteiger partial charge in [-0.25, -0.2) is 13.1 Å². The van der Waals surface area contributed by atoms with Crippen molar-refractivity contribution in [3.8, 4) is 11.4 Å². The number of hydrogen-bond acceptors (Lipinski definition) is 7. The Labute approximate surface area is 155 Å². The van der Waals surface area contributed by atoms with Crippen LogP contribution in [0.15, 0.2) is 47.5 Å². The van der Waals surface area contributed by atoms with Crippen LogP contribution in [0, 0.1) is 6.92 Å². The topological polar surface area (TPSA) is 146 Å². The van der Waals surface area contributed by atoms with Crippen LogP contribution in [0.1, 0.15) is 11.3 Å². The van der Waals surface area contributed by atoms with Crippen molar-refractivity contribution in [3.63, 3.8) is 0 Å². The van der Waals surface area contributed by atoms with Crippen LogP contribution in [0.25, 0.3) is 11.4 Å². The number of amides is 1. The van der Waals surface area contributed by atoms with Gasteiger partial charge in [-0.1, -0.05) is 6.07 Å². The van der Waals surface area contributed by atoms with E-state index in [2.05, 4.69) is 25.1 Å². The van der Waals surface area contributed by atoms with Crippen LogP contribution in [0.2, 0.25) is 0 Å². The molecule has 0 saturated heterocycles. The van der Waals surface area contributed by atoms with Crippen LogP contribution in [0.4, 0.5) is 0 Å². The lowest BCUT2D eigenvalue weighted by Gasteiger charge is -2.05. The highest BCUT2D eigenvalue weighted by molar-refractivity contribution is 7.89. The van der Waals surface area contributed by atoms with Crippen molar-refractivity contribution in [3.05, 3.63) is 53.9 Å². The van der Waals surface area contributed by atoms with E-state index in [0.29, 0.717) is 17.9 Å². The number of nitrogens with one attached hydrogen (secondary N) is 1. The lowest BCUT2D eigenvalue weighted by molar-refractivity contribution is -0.116. The molecule has 0 unspecified atom stereocenters. The second kappa shape index (κ2) is 7.60. The van der Waals surface area contributed by atoms with Crippen LogP contribution >= 0.6 is 0 Å². The standard InChI is InChI=1S/C16H17N7O3S/c1-11-2-5-13(18-8-11)10-23-21-16(20-22-23)12-3-6-14(7-4-12)27(25,26)19-9-15(17)24/h2-8,19H,9-10H2,1H3,(H2,17,24). The molecule has 0 atom stereocenters. The normalized spacial score (nSPS) is 11.4. The van der Waals surface area contributed by atoms with Crippen LogP contribution in [-0.4, -0.2) is 46.1 Å². The first-order chi connectivity index (χ1) is 12.8. The highest BCUT2D eigenvalue weighted by atomic mass is 32.2. The number of carbonyl (C=O) groups excluding carboxylic acids is 1. The van der Waals surface area contributed by atoms with Gasteiger partial charge in [0, 0.05) is 11.8 Å². The zero-order valence-electron chi connectivity index (χ0n) is 14.4. The molecule has 140 valence electrons. The smallest absolute Gasteiger partial charge is 0.241 e. The summed E-state index contributed by atoms with van der Waals surface area (Å²) in [5, 5.41) is 12.2. The van der Waals surface area contributed by atoms with E-state index in [1.54, 1.807) is 18.3 Å². The molecule has 2 heterocycles. The van der Waals surface area contributed by atoms with E-state index in [4.69, 9.17) is 5.73 Å². The number of nitrogens with two attached hydrogens (primary N) is 1. The number of sulfonamides is 1. The van der Waals surface area contributed by atoms with Crippen LogP contribution < -0.4 is 10.5 Å². The minimum atomic E-state index is -3.81. The quantitative estimate of drug-likeness (QED) is 0.573. The summed E-state index contributed by atoms with van der Waals surface area (Å²) in [6.07, 6.45) is 1.76. The Kier molecular flexibility index (Phi) is 5.23. The van der Waals surface area contributed by atoms with Gasteiger partial charge in [-0.15, -0.1) is 10.2 Å². The monoisotopic (exact) mass is 387 g/mol. The van der Waals surface area contributed by atoms with E-state index in [0.717, 1.165) is 11.3 Å². The maximum Gasteiger partial charge on any atom is 0.241 e. The van der Waals surface area contributed by atoms with E-state index in [1.165, 1.54) is 16.9 Å². The highest BCUT2D eigenvalue weighted by Crippen LogP contribution is 2.17. The molecular formula is C16H17N7O3S. The molecule has 27 heavy (non-hydrogen) atoms. The van der Waals surface area contributed by atoms with Gasteiger partial charge in [0.2, 0.25) is 21.8 Å².